The second-order valence-electron chi connectivity index (χ2n) is 6.52. The maximum Gasteiger partial charge on any atom is 0.257 e. The zero-order valence-electron chi connectivity index (χ0n) is 16.0. The number of anilines is 2. The summed E-state index contributed by atoms with van der Waals surface area (Å²) in [5, 5.41) is 8.93. The maximum absolute atomic E-state index is 12.4. The molecular formula is C22H16ClN3O4S. The Kier molecular flexibility index (Phi) is 6.01. The number of hydrogen-bond acceptors (Lipinski definition) is 5. The number of benzene rings is 3. The SMILES string of the molecule is O=C(NC(=S)Nc1cccc(NC(=O)c2cccc(Cl)c2)c1)c1ccc2c(c1)OCO2. The molecule has 0 fully saturated rings. The zero-order chi connectivity index (χ0) is 21.8. The lowest BCUT2D eigenvalue weighted by Crippen LogP contribution is -2.34. The molecule has 1 aliphatic rings. The Bertz CT molecular complexity index is 1180. The van der Waals surface area contributed by atoms with Gasteiger partial charge >= 0.3 is 0 Å². The third-order valence-corrected chi connectivity index (χ3v) is 4.77. The Morgan fingerprint density at radius 1 is 0.806 bits per heavy atom. The lowest BCUT2D eigenvalue weighted by molar-refractivity contribution is 0.0976. The molecule has 1 aliphatic heterocycles. The normalized spacial score (nSPS) is 11.5. The molecule has 2 amide bonds. The molecule has 3 aromatic rings. The van der Waals surface area contributed by atoms with E-state index >= 15 is 0 Å². The van der Waals surface area contributed by atoms with Gasteiger partial charge in [0.15, 0.2) is 16.6 Å². The van der Waals surface area contributed by atoms with E-state index in [1.807, 2.05) is 0 Å². The first-order valence-corrected chi connectivity index (χ1v) is 9.95. The van der Waals surface area contributed by atoms with E-state index in [-0.39, 0.29) is 23.7 Å². The van der Waals surface area contributed by atoms with Crippen molar-refractivity contribution >= 4 is 52.1 Å². The van der Waals surface area contributed by atoms with Gasteiger partial charge in [0.2, 0.25) is 6.79 Å². The van der Waals surface area contributed by atoms with Gasteiger partial charge in [-0.25, -0.2) is 0 Å². The number of rotatable bonds is 4. The topological polar surface area (TPSA) is 88.7 Å². The molecule has 156 valence electrons. The molecule has 0 atom stereocenters. The predicted octanol–water partition coefficient (Wildman–Crippen LogP) is 4.45. The number of ether oxygens (including phenoxy) is 2. The molecule has 0 radical (unpaired) electrons. The van der Waals surface area contributed by atoms with E-state index in [1.165, 1.54) is 0 Å². The van der Waals surface area contributed by atoms with Gasteiger partial charge in [-0.15, -0.1) is 0 Å². The van der Waals surface area contributed by atoms with Crippen LogP contribution in [0.5, 0.6) is 11.5 Å². The van der Waals surface area contributed by atoms with Crippen LogP contribution in [0.15, 0.2) is 66.7 Å². The van der Waals surface area contributed by atoms with Crippen molar-refractivity contribution in [2.45, 2.75) is 0 Å². The van der Waals surface area contributed by atoms with Crippen LogP contribution in [0.3, 0.4) is 0 Å². The third kappa shape index (κ3) is 5.11. The highest BCUT2D eigenvalue weighted by molar-refractivity contribution is 7.80. The van der Waals surface area contributed by atoms with Crippen molar-refractivity contribution in [2.75, 3.05) is 17.4 Å². The molecule has 0 saturated heterocycles. The molecule has 7 nitrogen and oxygen atoms in total. The molecule has 9 heteroatoms. The first kappa shape index (κ1) is 20.6. The average molecular weight is 454 g/mol. The molecule has 0 spiro atoms. The van der Waals surface area contributed by atoms with E-state index in [0.717, 1.165) is 0 Å². The molecule has 0 aliphatic carbocycles. The summed E-state index contributed by atoms with van der Waals surface area (Å²) < 4.78 is 10.5. The average Bonchev–Trinajstić information content (AvgIpc) is 3.21. The molecule has 0 bridgehead atoms. The fourth-order valence-electron chi connectivity index (χ4n) is 2.88. The van der Waals surface area contributed by atoms with E-state index in [4.69, 9.17) is 33.3 Å². The van der Waals surface area contributed by atoms with Crippen LogP contribution in [0, 0.1) is 0 Å². The molecule has 31 heavy (non-hydrogen) atoms. The second-order valence-corrected chi connectivity index (χ2v) is 7.37. The first-order chi connectivity index (χ1) is 15.0. The van der Waals surface area contributed by atoms with Crippen molar-refractivity contribution in [3.8, 4) is 11.5 Å². The molecule has 0 unspecified atom stereocenters. The number of carbonyl (C=O) groups excluding carboxylic acids is 2. The number of carbonyl (C=O) groups is 2. The van der Waals surface area contributed by atoms with Gasteiger partial charge in [0.05, 0.1) is 0 Å². The van der Waals surface area contributed by atoms with Crippen molar-refractivity contribution in [3.63, 3.8) is 0 Å². The van der Waals surface area contributed by atoms with Gasteiger partial charge < -0.3 is 20.1 Å². The van der Waals surface area contributed by atoms with Gasteiger partial charge in [0.25, 0.3) is 11.8 Å². The Balaban J connectivity index is 1.37. The Morgan fingerprint density at radius 3 is 2.32 bits per heavy atom. The summed E-state index contributed by atoms with van der Waals surface area (Å²) in [6, 6.07) is 18.5. The Morgan fingerprint density at radius 2 is 1.52 bits per heavy atom. The summed E-state index contributed by atoms with van der Waals surface area (Å²) in [5.41, 5.74) is 1.98. The molecule has 3 aromatic carbocycles. The van der Waals surface area contributed by atoms with Crippen LogP contribution < -0.4 is 25.4 Å². The summed E-state index contributed by atoms with van der Waals surface area (Å²) in [7, 11) is 0. The van der Waals surface area contributed by atoms with Crippen molar-refractivity contribution in [3.05, 3.63) is 82.9 Å². The molecular weight excluding hydrogens is 438 g/mol. The van der Waals surface area contributed by atoms with Gasteiger partial charge in [-0.3, -0.25) is 14.9 Å². The van der Waals surface area contributed by atoms with Gasteiger partial charge in [0, 0.05) is 27.5 Å². The van der Waals surface area contributed by atoms with Crippen LogP contribution in [0.2, 0.25) is 5.02 Å². The molecule has 0 aromatic heterocycles. The third-order valence-electron chi connectivity index (χ3n) is 4.33. The highest BCUT2D eigenvalue weighted by atomic mass is 35.5. The summed E-state index contributed by atoms with van der Waals surface area (Å²) >= 11 is 11.2. The van der Waals surface area contributed by atoms with Crippen LogP contribution in [-0.2, 0) is 0 Å². The van der Waals surface area contributed by atoms with Crippen molar-refractivity contribution in [1.29, 1.82) is 0 Å². The fraction of sp³-hybridized carbons (Fsp3) is 0.0455. The lowest BCUT2D eigenvalue weighted by Gasteiger charge is -2.12. The van der Waals surface area contributed by atoms with E-state index in [2.05, 4.69) is 16.0 Å². The lowest BCUT2D eigenvalue weighted by atomic mass is 10.2. The highest BCUT2D eigenvalue weighted by Crippen LogP contribution is 2.32. The van der Waals surface area contributed by atoms with Crippen LogP contribution in [0.4, 0.5) is 11.4 Å². The van der Waals surface area contributed by atoms with Crippen molar-refractivity contribution in [2.24, 2.45) is 0 Å². The van der Waals surface area contributed by atoms with Gasteiger partial charge in [-0.1, -0.05) is 23.7 Å². The van der Waals surface area contributed by atoms with Crippen LogP contribution >= 0.6 is 23.8 Å². The molecule has 3 N–H and O–H groups in total. The number of nitrogens with one attached hydrogen (secondary N) is 3. The monoisotopic (exact) mass is 453 g/mol. The van der Waals surface area contributed by atoms with Crippen molar-refractivity contribution in [1.82, 2.24) is 5.32 Å². The standard InChI is InChI=1S/C22H16ClN3O4S/c23-15-4-1-3-13(9-15)20(27)24-16-5-2-6-17(11-16)25-22(31)26-21(28)14-7-8-18-19(10-14)30-12-29-18/h1-11H,12H2,(H,24,27)(H2,25,26,28,31). The number of amides is 2. The Hall–Kier alpha value is -3.62. The maximum atomic E-state index is 12.4. The minimum Gasteiger partial charge on any atom is -0.454 e. The minimum atomic E-state index is -0.388. The number of halogens is 1. The summed E-state index contributed by atoms with van der Waals surface area (Å²) in [6.45, 7) is 0.130. The van der Waals surface area contributed by atoms with Crippen molar-refractivity contribution < 1.29 is 19.1 Å². The molecule has 4 rings (SSSR count). The van der Waals surface area contributed by atoms with E-state index in [0.29, 0.717) is 39.0 Å². The van der Waals surface area contributed by atoms with Crippen LogP contribution in [0.25, 0.3) is 0 Å². The highest BCUT2D eigenvalue weighted by Gasteiger charge is 2.17. The minimum absolute atomic E-state index is 0.112. The second kappa shape index (κ2) is 9.03. The summed E-state index contributed by atoms with van der Waals surface area (Å²) in [5.74, 6) is 0.420. The van der Waals surface area contributed by atoms with Gasteiger partial charge in [-0.2, -0.15) is 0 Å². The van der Waals surface area contributed by atoms with E-state index in [9.17, 15) is 9.59 Å². The fourth-order valence-corrected chi connectivity index (χ4v) is 3.28. The molecule has 0 saturated carbocycles. The first-order valence-electron chi connectivity index (χ1n) is 9.17. The number of fused-ring (bicyclic) bond motifs is 1. The zero-order valence-corrected chi connectivity index (χ0v) is 17.5. The Labute approximate surface area is 188 Å². The number of thiocarbonyl (C=S) groups is 1. The molecule has 1 heterocycles. The number of hydrogen-bond donors (Lipinski definition) is 3. The quantitative estimate of drug-likeness (QED) is 0.506. The smallest absolute Gasteiger partial charge is 0.257 e. The van der Waals surface area contributed by atoms with Gasteiger partial charge in [-0.05, 0) is 66.8 Å². The largest absolute Gasteiger partial charge is 0.454 e. The van der Waals surface area contributed by atoms with E-state index < -0.39 is 0 Å². The summed E-state index contributed by atoms with van der Waals surface area (Å²) in [6.07, 6.45) is 0. The summed E-state index contributed by atoms with van der Waals surface area (Å²) in [4.78, 5) is 24.8. The van der Waals surface area contributed by atoms with Gasteiger partial charge in [0.1, 0.15) is 0 Å². The predicted molar refractivity (Wildman–Crippen MR) is 122 cm³/mol. The van der Waals surface area contributed by atoms with Crippen LogP contribution in [0.1, 0.15) is 20.7 Å². The van der Waals surface area contributed by atoms with Crippen LogP contribution in [-0.4, -0.2) is 23.7 Å². The van der Waals surface area contributed by atoms with E-state index in [1.54, 1.807) is 66.7 Å².